The third kappa shape index (κ3) is 5.94. The Labute approximate surface area is 256 Å². The molecule has 2 unspecified atom stereocenters. The van der Waals surface area contributed by atoms with E-state index in [4.69, 9.17) is 4.74 Å². The first-order chi connectivity index (χ1) is 20.8. The van der Waals surface area contributed by atoms with E-state index in [1.165, 1.54) is 6.20 Å². The van der Waals surface area contributed by atoms with E-state index < -0.39 is 10.8 Å². The van der Waals surface area contributed by atoms with Crippen molar-refractivity contribution in [3.05, 3.63) is 89.9 Å². The number of aliphatic carboxylic acids is 1. The van der Waals surface area contributed by atoms with Crippen LogP contribution in [0.25, 0.3) is 11.1 Å². The molecule has 0 saturated carbocycles. The zero-order chi connectivity index (χ0) is 30.1. The summed E-state index contributed by atoms with van der Waals surface area (Å²) >= 11 is 3.15. The van der Waals surface area contributed by atoms with Crippen LogP contribution in [0.4, 0.5) is 22.9 Å². The monoisotopic (exact) mass is 641 g/mol. The fraction of sp³-hybridized carbons (Fsp3) is 0.219. The predicted octanol–water partition coefficient (Wildman–Crippen LogP) is 6.11. The van der Waals surface area contributed by atoms with Crippen molar-refractivity contribution in [1.82, 2.24) is 9.97 Å². The van der Waals surface area contributed by atoms with Gasteiger partial charge in [-0.15, -0.1) is 0 Å². The second-order valence-electron chi connectivity index (χ2n) is 10.5. The maximum Gasteiger partial charge on any atom is 0.317 e. The number of benzene rings is 2. The number of carbonyl (C=O) groups excluding carboxylic acids is 2. The van der Waals surface area contributed by atoms with Gasteiger partial charge >= 0.3 is 5.97 Å². The summed E-state index contributed by atoms with van der Waals surface area (Å²) in [6, 6.07) is 16.4. The summed E-state index contributed by atoms with van der Waals surface area (Å²) in [5.41, 5.74) is 5.78. The van der Waals surface area contributed by atoms with E-state index in [-0.39, 0.29) is 24.3 Å². The number of aromatic nitrogens is 2. The van der Waals surface area contributed by atoms with Gasteiger partial charge in [-0.05, 0) is 55.7 Å². The molecule has 11 heteroatoms. The summed E-state index contributed by atoms with van der Waals surface area (Å²) in [5, 5.41) is 15.4. The van der Waals surface area contributed by atoms with Crippen LogP contribution in [-0.2, 0) is 16.0 Å². The minimum absolute atomic E-state index is 0.132. The minimum atomic E-state index is -0.997. The second kappa shape index (κ2) is 11.8. The van der Waals surface area contributed by atoms with Gasteiger partial charge in [-0.3, -0.25) is 19.4 Å². The van der Waals surface area contributed by atoms with Crippen molar-refractivity contribution in [2.75, 3.05) is 22.1 Å². The van der Waals surface area contributed by atoms with Crippen LogP contribution in [0.1, 0.15) is 47.4 Å². The number of amides is 2. The number of carboxylic acid groups (broad SMARTS) is 1. The third-order valence-corrected chi connectivity index (χ3v) is 8.23. The minimum Gasteiger partial charge on any atom is -0.485 e. The highest BCUT2D eigenvalue weighted by Gasteiger charge is 2.27. The molecule has 2 aliphatic rings. The van der Waals surface area contributed by atoms with E-state index in [0.717, 1.165) is 41.1 Å². The largest absolute Gasteiger partial charge is 0.485 e. The van der Waals surface area contributed by atoms with Crippen molar-refractivity contribution in [1.29, 1.82) is 0 Å². The first kappa shape index (κ1) is 28.4. The fourth-order valence-electron chi connectivity index (χ4n) is 5.40. The second-order valence-corrected chi connectivity index (χ2v) is 11.6. The molecule has 6 rings (SSSR count). The predicted molar refractivity (Wildman–Crippen MR) is 166 cm³/mol. The molecule has 4 aromatic rings. The quantitative estimate of drug-likeness (QED) is 0.196. The summed E-state index contributed by atoms with van der Waals surface area (Å²) < 4.78 is 6.26. The van der Waals surface area contributed by atoms with Gasteiger partial charge in [0.25, 0.3) is 5.91 Å². The number of halogens is 1. The average molecular weight is 643 g/mol. The Morgan fingerprint density at radius 3 is 2.70 bits per heavy atom. The number of fused-ring (bicyclic) bond motifs is 3. The van der Waals surface area contributed by atoms with Gasteiger partial charge in [-0.1, -0.05) is 34.1 Å². The number of anilines is 4. The number of hydrogen-bond acceptors (Lipinski definition) is 7. The standard InChI is InChI=1S/C32H28BrN5O5/c1-18-25-14-29(35-17-26(25)24-9-8-22(13-28(24)43-18)38-10-4-7-30(38)39)36-20-12-21(16-34-15-20)37-31(40)23-6-3-2-5-19(23)11-27(33)32(41)42/h2-3,5-6,8-9,12-18,27H,4,7,10-11H2,1H3,(H,35,36)(H,37,40)(H,41,42). The van der Waals surface area contributed by atoms with E-state index >= 15 is 0 Å². The van der Waals surface area contributed by atoms with E-state index in [9.17, 15) is 19.5 Å². The molecule has 2 atom stereocenters. The highest BCUT2D eigenvalue weighted by atomic mass is 79.9. The normalized spacial score (nSPS) is 16.1. The van der Waals surface area contributed by atoms with Crippen LogP contribution in [0.15, 0.2) is 73.2 Å². The van der Waals surface area contributed by atoms with Crippen LogP contribution in [-0.4, -0.2) is 44.2 Å². The van der Waals surface area contributed by atoms with E-state index in [1.807, 2.05) is 31.2 Å². The fourth-order valence-corrected chi connectivity index (χ4v) is 5.75. The Morgan fingerprint density at radius 1 is 1.09 bits per heavy atom. The zero-order valence-electron chi connectivity index (χ0n) is 23.2. The van der Waals surface area contributed by atoms with Crippen LogP contribution >= 0.6 is 15.9 Å². The van der Waals surface area contributed by atoms with Gasteiger partial charge in [0, 0.05) is 53.2 Å². The molecule has 43 heavy (non-hydrogen) atoms. The smallest absolute Gasteiger partial charge is 0.317 e. The highest BCUT2D eigenvalue weighted by Crippen LogP contribution is 2.44. The summed E-state index contributed by atoms with van der Waals surface area (Å²) in [6.07, 6.45) is 6.33. The molecule has 0 radical (unpaired) electrons. The lowest BCUT2D eigenvalue weighted by atomic mass is 9.94. The van der Waals surface area contributed by atoms with Crippen molar-refractivity contribution >= 4 is 56.6 Å². The molecule has 0 bridgehead atoms. The van der Waals surface area contributed by atoms with Crippen molar-refractivity contribution in [3.8, 4) is 16.9 Å². The zero-order valence-corrected chi connectivity index (χ0v) is 24.8. The number of ether oxygens (including phenoxy) is 1. The SMILES string of the molecule is CC1Oc2cc(N3CCCC3=O)ccc2-c2cnc(Nc3cncc(NC(=O)c4ccccc4CC(Br)C(=O)O)c3)cc21. The topological polar surface area (TPSA) is 134 Å². The van der Waals surface area contributed by atoms with Gasteiger partial charge in [0.15, 0.2) is 0 Å². The Hall–Kier alpha value is -4.77. The van der Waals surface area contributed by atoms with Gasteiger partial charge in [0.05, 0.1) is 23.8 Å². The summed E-state index contributed by atoms with van der Waals surface area (Å²) in [5.74, 6) is 0.0816. The molecular formula is C32H28BrN5O5. The number of hydrogen-bond donors (Lipinski definition) is 3. The molecule has 1 saturated heterocycles. The number of rotatable bonds is 8. The number of carboxylic acids is 1. The van der Waals surface area contributed by atoms with Gasteiger partial charge in [0.1, 0.15) is 22.5 Å². The summed E-state index contributed by atoms with van der Waals surface area (Å²) in [7, 11) is 0. The third-order valence-electron chi connectivity index (χ3n) is 7.52. The van der Waals surface area contributed by atoms with Crippen LogP contribution in [0.5, 0.6) is 5.75 Å². The number of alkyl halides is 1. The Balaban J connectivity index is 1.18. The Kier molecular flexibility index (Phi) is 7.81. The van der Waals surface area contributed by atoms with Crippen LogP contribution < -0.4 is 20.3 Å². The summed E-state index contributed by atoms with van der Waals surface area (Å²) in [4.78, 5) is 46.5. The molecule has 2 aliphatic heterocycles. The molecule has 2 aromatic carbocycles. The lowest BCUT2D eigenvalue weighted by Gasteiger charge is -2.28. The number of nitrogens with one attached hydrogen (secondary N) is 2. The maximum absolute atomic E-state index is 13.1. The summed E-state index contributed by atoms with van der Waals surface area (Å²) in [6.45, 7) is 2.70. The molecule has 4 heterocycles. The number of pyridine rings is 2. The highest BCUT2D eigenvalue weighted by molar-refractivity contribution is 9.10. The molecule has 2 aromatic heterocycles. The first-order valence-electron chi connectivity index (χ1n) is 13.9. The molecule has 0 aliphatic carbocycles. The molecular weight excluding hydrogens is 614 g/mol. The van der Waals surface area contributed by atoms with Gasteiger partial charge in [-0.2, -0.15) is 0 Å². The van der Waals surface area contributed by atoms with Crippen molar-refractivity contribution < 1.29 is 24.2 Å². The molecule has 2 amide bonds. The van der Waals surface area contributed by atoms with E-state index in [1.54, 1.807) is 47.6 Å². The van der Waals surface area contributed by atoms with E-state index in [2.05, 4.69) is 36.5 Å². The van der Waals surface area contributed by atoms with Crippen molar-refractivity contribution in [2.45, 2.75) is 37.1 Å². The van der Waals surface area contributed by atoms with Gasteiger partial charge in [-0.25, -0.2) is 4.98 Å². The van der Waals surface area contributed by atoms with Crippen molar-refractivity contribution in [2.24, 2.45) is 0 Å². The Bertz CT molecular complexity index is 1750. The molecule has 218 valence electrons. The molecule has 1 fully saturated rings. The lowest BCUT2D eigenvalue weighted by molar-refractivity contribution is -0.136. The molecule has 3 N–H and O–H groups in total. The van der Waals surface area contributed by atoms with E-state index in [0.29, 0.717) is 34.7 Å². The van der Waals surface area contributed by atoms with Gasteiger partial charge < -0.3 is 25.4 Å². The number of nitrogens with zero attached hydrogens (tertiary/aromatic N) is 3. The van der Waals surface area contributed by atoms with Crippen molar-refractivity contribution in [3.63, 3.8) is 0 Å². The number of carbonyl (C=O) groups is 3. The maximum atomic E-state index is 13.1. The Morgan fingerprint density at radius 2 is 1.91 bits per heavy atom. The molecule has 0 spiro atoms. The average Bonchev–Trinajstić information content (AvgIpc) is 3.43. The lowest BCUT2D eigenvalue weighted by Crippen LogP contribution is -2.24. The first-order valence-corrected chi connectivity index (χ1v) is 14.8. The van der Waals surface area contributed by atoms with Crippen LogP contribution in [0.3, 0.4) is 0 Å². The van der Waals surface area contributed by atoms with Gasteiger partial charge in [0.2, 0.25) is 5.91 Å². The van der Waals surface area contributed by atoms with Crippen LogP contribution in [0, 0.1) is 0 Å². The molecule has 10 nitrogen and oxygen atoms in total. The van der Waals surface area contributed by atoms with Crippen LogP contribution in [0.2, 0.25) is 0 Å².